The molecule has 2 heterocycles. The lowest BCUT2D eigenvalue weighted by atomic mass is 10.2. The number of aromatic nitrogens is 1. The second kappa shape index (κ2) is 9.44. The standard InChI is InChI=1S/C22H24ClN3O4S2/c1-14(21-25-18-7-3-4-8-19(18)31-21)26(2)22(27)15-9-10-17(23)20(12-15)32(28,29)24-13-16-6-5-11-30-16/h3-4,7-10,12,14,16,24H,5-6,11,13H2,1-2H3/t14-,16+/m0/s1. The lowest BCUT2D eigenvalue weighted by molar-refractivity contribution is 0.0742. The summed E-state index contributed by atoms with van der Waals surface area (Å²) < 4.78 is 34.7. The van der Waals surface area contributed by atoms with Gasteiger partial charge < -0.3 is 9.64 Å². The zero-order chi connectivity index (χ0) is 22.9. The Bertz CT molecular complexity index is 1210. The van der Waals surface area contributed by atoms with E-state index in [4.69, 9.17) is 16.3 Å². The molecule has 0 spiro atoms. The molecule has 3 aromatic rings. The Morgan fingerprint density at radius 2 is 2.12 bits per heavy atom. The Morgan fingerprint density at radius 1 is 1.34 bits per heavy atom. The SMILES string of the molecule is C[C@@H](c1nc2ccccc2s1)N(C)C(=O)c1ccc(Cl)c(S(=O)(=O)NC[C@H]2CCCO2)c1. The fraction of sp³-hybridized carbons (Fsp3) is 0.364. The van der Waals surface area contributed by atoms with Crippen LogP contribution in [0.3, 0.4) is 0 Å². The van der Waals surface area contributed by atoms with Crippen LogP contribution in [0.1, 0.15) is 41.2 Å². The summed E-state index contributed by atoms with van der Waals surface area (Å²) in [7, 11) is -2.21. The van der Waals surface area contributed by atoms with Crippen LogP contribution in [0.15, 0.2) is 47.4 Å². The number of hydrogen-bond acceptors (Lipinski definition) is 6. The second-order valence-electron chi connectivity index (χ2n) is 7.74. The number of nitrogens with zero attached hydrogens (tertiary/aromatic N) is 2. The van der Waals surface area contributed by atoms with Gasteiger partial charge in [0.15, 0.2) is 0 Å². The van der Waals surface area contributed by atoms with Crippen molar-refractivity contribution in [2.24, 2.45) is 0 Å². The van der Waals surface area contributed by atoms with Crippen molar-refractivity contribution in [1.29, 1.82) is 0 Å². The van der Waals surface area contributed by atoms with Crippen LogP contribution in [-0.4, -0.2) is 50.5 Å². The minimum atomic E-state index is -3.89. The fourth-order valence-corrected chi connectivity index (χ4v) is 6.19. The van der Waals surface area contributed by atoms with Crippen molar-refractivity contribution in [3.63, 3.8) is 0 Å². The van der Waals surface area contributed by atoms with Crippen molar-refractivity contribution < 1.29 is 17.9 Å². The molecule has 4 rings (SSSR count). The van der Waals surface area contributed by atoms with E-state index >= 15 is 0 Å². The van der Waals surface area contributed by atoms with Crippen LogP contribution in [0.2, 0.25) is 5.02 Å². The van der Waals surface area contributed by atoms with Gasteiger partial charge in [0.05, 0.1) is 27.4 Å². The molecule has 7 nitrogen and oxygen atoms in total. The maximum absolute atomic E-state index is 13.2. The van der Waals surface area contributed by atoms with E-state index in [1.54, 1.807) is 11.9 Å². The molecule has 1 amide bonds. The molecule has 32 heavy (non-hydrogen) atoms. The number of amides is 1. The number of hydrogen-bond donors (Lipinski definition) is 1. The summed E-state index contributed by atoms with van der Waals surface area (Å²) in [6.07, 6.45) is 1.58. The van der Waals surface area contributed by atoms with Crippen LogP contribution in [0.4, 0.5) is 0 Å². The number of carbonyl (C=O) groups is 1. The maximum atomic E-state index is 13.2. The molecule has 0 aliphatic carbocycles. The highest BCUT2D eigenvalue weighted by Crippen LogP contribution is 2.30. The first-order chi connectivity index (χ1) is 15.3. The summed E-state index contributed by atoms with van der Waals surface area (Å²) in [6.45, 7) is 2.70. The summed E-state index contributed by atoms with van der Waals surface area (Å²) in [4.78, 5) is 19.2. The molecular formula is C22H24ClN3O4S2. The van der Waals surface area contributed by atoms with E-state index in [0.717, 1.165) is 28.1 Å². The molecular weight excluding hydrogens is 470 g/mol. The van der Waals surface area contributed by atoms with Crippen molar-refractivity contribution in [2.45, 2.75) is 36.8 Å². The van der Waals surface area contributed by atoms with Gasteiger partial charge in [-0.25, -0.2) is 18.1 Å². The van der Waals surface area contributed by atoms with E-state index in [0.29, 0.717) is 6.61 Å². The van der Waals surface area contributed by atoms with E-state index in [1.165, 1.54) is 29.5 Å². The highest BCUT2D eigenvalue weighted by atomic mass is 35.5. The highest BCUT2D eigenvalue weighted by Gasteiger charge is 2.26. The predicted molar refractivity (Wildman–Crippen MR) is 126 cm³/mol. The van der Waals surface area contributed by atoms with Crippen molar-refractivity contribution >= 4 is 49.1 Å². The minimum Gasteiger partial charge on any atom is -0.377 e. The summed E-state index contributed by atoms with van der Waals surface area (Å²) in [5.74, 6) is -0.316. The van der Waals surface area contributed by atoms with Crippen LogP contribution in [0.25, 0.3) is 10.2 Å². The number of para-hydroxylation sites is 1. The molecule has 0 radical (unpaired) electrons. The molecule has 2 atom stereocenters. The zero-order valence-electron chi connectivity index (χ0n) is 17.7. The molecule has 2 aromatic carbocycles. The molecule has 1 aromatic heterocycles. The zero-order valence-corrected chi connectivity index (χ0v) is 20.1. The number of carbonyl (C=O) groups excluding carboxylic acids is 1. The van der Waals surface area contributed by atoms with Gasteiger partial charge in [0.1, 0.15) is 9.90 Å². The third kappa shape index (κ3) is 4.82. The molecule has 1 N–H and O–H groups in total. The molecule has 170 valence electrons. The van der Waals surface area contributed by atoms with E-state index in [2.05, 4.69) is 9.71 Å². The van der Waals surface area contributed by atoms with E-state index < -0.39 is 10.0 Å². The lowest BCUT2D eigenvalue weighted by Crippen LogP contribution is -2.32. The molecule has 10 heteroatoms. The Kier molecular flexibility index (Phi) is 6.83. The third-order valence-electron chi connectivity index (χ3n) is 5.56. The van der Waals surface area contributed by atoms with Crippen molar-refractivity contribution in [2.75, 3.05) is 20.2 Å². The van der Waals surface area contributed by atoms with Gasteiger partial charge in [0.2, 0.25) is 10.0 Å². The first-order valence-electron chi connectivity index (χ1n) is 10.3. The van der Waals surface area contributed by atoms with Crippen LogP contribution in [-0.2, 0) is 14.8 Å². The second-order valence-corrected chi connectivity index (χ2v) is 10.9. The number of thiazole rings is 1. The van der Waals surface area contributed by atoms with Crippen LogP contribution >= 0.6 is 22.9 Å². The largest absolute Gasteiger partial charge is 0.377 e. The minimum absolute atomic E-state index is 0.0586. The summed E-state index contributed by atoms with van der Waals surface area (Å²) >= 11 is 7.71. The first-order valence-corrected chi connectivity index (χ1v) is 13.0. The Hall–Kier alpha value is -2.04. The van der Waals surface area contributed by atoms with Gasteiger partial charge in [-0.05, 0) is 50.1 Å². The van der Waals surface area contributed by atoms with Gasteiger partial charge in [-0.3, -0.25) is 4.79 Å². The number of benzene rings is 2. The molecule has 1 fully saturated rings. The first kappa shape index (κ1) is 23.1. The number of ether oxygens (including phenoxy) is 1. The van der Waals surface area contributed by atoms with Gasteiger partial charge >= 0.3 is 0 Å². The van der Waals surface area contributed by atoms with Crippen molar-refractivity contribution in [3.8, 4) is 0 Å². The van der Waals surface area contributed by atoms with Gasteiger partial charge in [-0.2, -0.15) is 0 Å². The number of fused-ring (bicyclic) bond motifs is 1. The van der Waals surface area contributed by atoms with Crippen LogP contribution in [0.5, 0.6) is 0 Å². The van der Waals surface area contributed by atoms with Crippen LogP contribution in [0, 0.1) is 0 Å². The van der Waals surface area contributed by atoms with Crippen molar-refractivity contribution in [3.05, 3.63) is 58.1 Å². The average Bonchev–Trinajstić information content (AvgIpc) is 3.46. The topological polar surface area (TPSA) is 88.6 Å². The third-order valence-corrected chi connectivity index (χ3v) is 8.67. The molecule has 1 saturated heterocycles. The number of halogens is 1. The monoisotopic (exact) mass is 493 g/mol. The highest BCUT2D eigenvalue weighted by molar-refractivity contribution is 7.89. The van der Waals surface area contributed by atoms with Crippen LogP contribution < -0.4 is 4.72 Å². The van der Waals surface area contributed by atoms with Gasteiger partial charge in [-0.1, -0.05) is 23.7 Å². The smallest absolute Gasteiger partial charge is 0.254 e. The number of nitrogens with one attached hydrogen (secondary N) is 1. The fourth-order valence-electron chi connectivity index (χ4n) is 3.54. The lowest BCUT2D eigenvalue weighted by Gasteiger charge is -2.23. The molecule has 0 bridgehead atoms. The Balaban J connectivity index is 1.54. The Morgan fingerprint density at radius 3 is 2.84 bits per heavy atom. The van der Waals surface area contributed by atoms with Gasteiger partial charge in [-0.15, -0.1) is 11.3 Å². The maximum Gasteiger partial charge on any atom is 0.254 e. The van der Waals surface area contributed by atoms with Gasteiger partial charge in [0, 0.05) is 25.8 Å². The molecule has 0 saturated carbocycles. The summed E-state index contributed by atoms with van der Waals surface area (Å²) in [5.41, 5.74) is 1.12. The average molecular weight is 494 g/mol. The summed E-state index contributed by atoms with van der Waals surface area (Å²) in [6, 6.07) is 11.8. The quantitative estimate of drug-likeness (QED) is 0.531. The normalized spacial score (nSPS) is 17.5. The number of sulfonamides is 1. The van der Waals surface area contributed by atoms with E-state index in [1.807, 2.05) is 31.2 Å². The van der Waals surface area contributed by atoms with Gasteiger partial charge in [0.25, 0.3) is 5.91 Å². The molecule has 1 aliphatic heterocycles. The Labute approximate surface area is 196 Å². The predicted octanol–water partition coefficient (Wildman–Crippen LogP) is 4.24. The molecule has 1 aliphatic rings. The van der Waals surface area contributed by atoms with E-state index in [-0.39, 0.29) is 40.1 Å². The number of rotatable bonds is 7. The molecule has 0 unspecified atom stereocenters. The van der Waals surface area contributed by atoms with Crippen molar-refractivity contribution in [1.82, 2.24) is 14.6 Å². The van der Waals surface area contributed by atoms with E-state index in [9.17, 15) is 13.2 Å². The summed E-state index contributed by atoms with van der Waals surface area (Å²) in [5, 5.41) is 0.866.